The lowest BCUT2D eigenvalue weighted by Crippen LogP contribution is -2.12. The summed E-state index contributed by atoms with van der Waals surface area (Å²) in [6.07, 6.45) is 1.64. The van der Waals surface area contributed by atoms with Crippen LogP contribution >= 0.6 is 0 Å². The van der Waals surface area contributed by atoms with Crippen molar-refractivity contribution in [2.45, 2.75) is 18.7 Å². The first kappa shape index (κ1) is 14.6. The monoisotopic (exact) mass is 315 g/mol. The fourth-order valence-electron chi connectivity index (χ4n) is 2.47. The summed E-state index contributed by atoms with van der Waals surface area (Å²) < 4.78 is 27.1. The summed E-state index contributed by atoms with van der Waals surface area (Å²) in [6, 6.07) is 12.2. The molecule has 3 N–H and O–H groups in total. The maximum atomic E-state index is 12.9. The smallest absolute Gasteiger partial charge is 0.268 e. The molecule has 6 heteroatoms. The van der Waals surface area contributed by atoms with Crippen molar-refractivity contribution in [1.29, 1.82) is 0 Å². The van der Waals surface area contributed by atoms with Crippen molar-refractivity contribution in [3.8, 4) is 0 Å². The Morgan fingerprint density at radius 2 is 1.73 bits per heavy atom. The molecule has 114 valence electrons. The number of nitrogens with two attached hydrogens (primary N) is 1. The second-order valence-corrected chi connectivity index (χ2v) is 7.12. The Hall–Kier alpha value is -2.31. The molecule has 0 saturated heterocycles. The van der Waals surface area contributed by atoms with Crippen LogP contribution in [0.1, 0.15) is 11.1 Å². The minimum atomic E-state index is -3.64. The number of anilines is 1. The van der Waals surface area contributed by atoms with Gasteiger partial charge in [-0.1, -0.05) is 23.8 Å². The van der Waals surface area contributed by atoms with Crippen LogP contribution < -0.4 is 11.3 Å². The molecule has 3 aromatic rings. The van der Waals surface area contributed by atoms with Gasteiger partial charge >= 0.3 is 0 Å². The van der Waals surface area contributed by atoms with Crippen LogP contribution in [-0.4, -0.2) is 12.4 Å². The van der Waals surface area contributed by atoms with E-state index >= 15 is 0 Å². The molecular weight excluding hydrogens is 298 g/mol. The molecule has 2 aromatic carbocycles. The minimum Gasteiger partial charge on any atom is -0.324 e. The van der Waals surface area contributed by atoms with Crippen LogP contribution in [0.25, 0.3) is 10.9 Å². The van der Waals surface area contributed by atoms with E-state index in [1.807, 2.05) is 26.0 Å². The lowest BCUT2D eigenvalue weighted by molar-refractivity contribution is 0.589. The number of hydrazine groups is 1. The summed E-state index contributed by atoms with van der Waals surface area (Å²) in [5.74, 6) is 5.43. The van der Waals surface area contributed by atoms with Crippen molar-refractivity contribution in [3.63, 3.8) is 0 Å². The standard InChI is InChI=1S/C16H17N3O2S/c1-11-3-6-14(7-4-11)22(20,21)19-10-12(2)15-8-5-13(18-17)9-16(15)19/h3-10,18H,17H2,1-2H3. The Kier molecular flexibility index (Phi) is 3.42. The van der Waals surface area contributed by atoms with Gasteiger partial charge in [0.2, 0.25) is 0 Å². The summed E-state index contributed by atoms with van der Waals surface area (Å²) in [5, 5.41) is 0.884. The number of aryl methyl sites for hydroxylation is 2. The average Bonchev–Trinajstić information content (AvgIpc) is 2.85. The fraction of sp³-hybridized carbons (Fsp3) is 0.125. The van der Waals surface area contributed by atoms with Crippen molar-refractivity contribution >= 4 is 26.6 Å². The molecule has 1 aromatic heterocycles. The summed E-state index contributed by atoms with van der Waals surface area (Å²) in [7, 11) is -3.64. The van der Waals surface area contributed by atoms with E-state index in [-0.39, 0.29) is 4.90 Å². The van der Waals surface area contributed by atoms with Gasteiger partial charge in [0.1, 0.15) is 0 Å². The first-order valence-corrected chi connectivity index (χ1v) is 8.28. The van der Waals surface area contributed by atoms with Gasteiger partial charge in [0.15, 0.2) is 0 Å². The normalized spacial score (nSPS) is 11.8. The summed E-state index contributed by atoms with van der Waals surface area (Å²) in [4.78, 5) is 0.265. The molecule has 5 nitrogen and oxygen atoms in total. The molecule has 0 aliphatic heterocycles. The van der Waals surface area contributed by atoms with Crippen molar-refractivity contribution in [1.82, 2.24) is 3.97 Å². The van der Waals surface area contributed by atoms with E-state index in [0.717, 1.165) is 16.5 Å². The summed E-state index contributed by atoms with van der Waals surface area (Å²) in [5.41, 5.74) is 5.72. The molecule has 0 aliphatic rings. The average molecular weight is 315 g/mol. The molecule has 0 fully saturated rings. The van der Waals surface area contributed by atoms with E-state index in [1.54, 1.807) is 36.5 Å². The molecule has 0 aliphatic carbocycles. The topological polar surface area (TPSA) is 77.1 Å². The van der Waals surface area contributed by atoms with Gasteiger partial charge in [-0.25, -0.2) is 12.4 Å². The third-order valence-corrected chi connectivity index (χ3v) is 5.40. The second kappa shape index (κ2) is 5.15. The fourth-order valence-corrected chi connectivity index (χ4v) is 3.89. The Morgan fingerprint density at radius 3 is 2.36 bits per heavy atom. The van der Waals surface area contributed by atoms with E-state index in [0.29, 0.717) is 11.2 Å². The van der Waals surface area contributed by atoms with Crippen LogP contribution in [0.4, 0.5) is 5.69 Å². The van der Waals surface area contributed by atoms with Crippen LogP contribution in [0.15, 0.2) is 53.6 Å². The molecule has 1 heterocycles. The van der Waals surface area contributed by atoms with E-state index in [1.165, 1.54) is 3.97 Å². The molecule has 0 atom stereocenters. The summed E-state index contributed by atoms with van der Waals surface area (Å²) in [6.45, 7) is 3.81. The lowest BCUT2D eigenvalue weighted by Gasteiger charge is -2.09. The SMILES string of the molecule is Cc1ccc(S(=O)(=O)n2cc(C)c3ccc(NN)cc32)cc1. The van der Waals surface area contributed by atoms with Gasteiger partial charge in [-0.05, 0) is 43.7 Å². The third kappa shape index (κ3) is 2.26. The van der Waals surface area contributed by atoms with Crippen molar-refractivity contribution in [2.75, 3.05) is 5.43 Å². The highest BCUT2D eigenvalue weighted by Gasteiger charge is 2.20. The number of hydrogen-bond donors (Lipinski definition) is 2. The van der Waals surface area contributed by atoms with Gasteiger partial charge in [-0.3, -0.25) is 5.84 Å². The van der Waals surface area contributed by atoms with E-state index in [9.17, 15) is 8.42 Å². The number of nitrogens with one attached hydrogen (secondary N) is 1. The maximum Gasteiger partial charge on any atom is 0.268 e. The van der Waals surface area contributed by atoms with Crippen LogP contribution in [0.2, 0.25) is 0 Å². The van der Waals surface area contributed by atoms with Crippen LogP contribution in [0, 0.1) is 13.8 Å². The molecule has 0 radical (unpaired) electrons. The Bertz CT molecular complexity index is 941. The van der Waals surface area contributed by atoms with Crippen molar-refractivity contribution in [2.24, 2.45) is 5.84 Å². The third-order valence-electron chi connectivity index (χ3n) is 3.72. The molecule has 0 bridgehead atoms. The van der Waals surface area contributed by atoms with E-state index < -0.39 is 10.0 Å². The zero-order chi connectivity index (χ0) is 15.9. The molecule has 22 heavy (non-hydrogen) atoms. The van der Waals surface area contributed by atoms with E-state index in [4.69, 9.17) is 5.84 Å². The van der Waals surface area contributed by atoms with Crippen LogP contribution in [-0.2, 0) is 10.0 Å². The predicted molar refractivity (Wildman–Crippen MR) is 88.2 cm³/mol. The number of benzene rings is 2. The maximum absolute atomic E-state index is 12.9. The van der Waals surface area contributed by atoms with Gasteiger partial charge in [-0.2, -0.15) is 0 Å². The molecule has 0 amide bonds. The quantitative estimate of drug-likeness (QED) is 0.575. The number of rotatable bonds is 3. The van der Waals surface area contributed by atoms with Crippen molar-refractivity contribution < 1.29 is 8.42 Å². The Labute approximate surface area is 129 Å². The largest absolute Gasteiger partial charge is 0.324 e. The Morgan fingerprint density at radius 1 is 1.05 bits per heavy atom. The second-order valence-electron chi connectivity index (χ2n) is 5.30. The van der Waals surface area contributed by atoms with Crippen LogP contribution in [0.5, 0.6) is 0 Å². The first-order chi connectivity index (χ1) is 10.4. The van der Waals surface area contributed by atoms with E-state index in [2.05, 4.69) is 5.43 Å². The van der Waals surface area contributed by atoms with Crippen molar-refractivity contribution in [3.05, 3.63) is 59.8 Å². The zero-order valence-electron chi connectivity index (χ0n) is 12.4. The highest BCUT2D eigenvalue weighted by Crippen LogP contribution is 2.27. The number of aromatic nitrogens is 1. The molecule has 0 unspecified atom stereocenters. The molecule has 0 saturated carbocycles. The zero-order valence-corrected chi connectivity index (χ0v) is 13.2. The number of hydrogen-bond acceptors (Lipinski definition) is 4. The van der Waals surface area contributed by atoms with Gasteiger partial charge in [-0.15, -0.1) is 0 Å². The van der Waals surface area contributed by atoms with Gasteiger partial charge in [0.05, 0.1) is 16.1 Å². The first-order valence-electron chi connectivity index (χ1n) is 6.84. The highest BCUT2D eigenvalue weighted by molar-refractivity contribution is 7.90. The number of nitrogens with zero attached hydrogens (tertiary/aromatic N) is 1. The Balaban J connectivity index is 2.26. The van der Waals surface area contributed by atoms with Gasteiger partial charge in [0.25, 0.3) is 10.0 Å². The van der Waals surface area contributed by atoms with Gasteiger partial charge < -0.3 is 5.43 Å². The van der Waals surface area contributed by atoms with Gasteiger partial charge in [0, 0.05) is 11.6 Å². The molecule has 0 spiro atoms. The highest BCUT2D eigenvalue weighted by atomic mass is 32.2. The minimum absolute atomic E-state index is 0.265. The predicted octanol–water partition coefficient (Wildman–Crippen LogP) is 2.78. The lowest BCUT2D eigenvalue weighted by atomic mass is 10.2. The molecule has 3 rings (SSSR count). The van der Waals surface area contributed by atoms with Crippen LogP contribution in [0.3, 0.4) is 0 Å². The number of fused-ring (bicyclic) bond motifs is 1. The molecular formula is C16H17N3O2S. The number of nitrogen functional groups attached to an aromatic ring is 1. The summed E-state index contributed by atoms with van der Waals surface area (Å²) >= 11 is 0.